The van der Waals surface area contributed by atoms with Gasteiger partial charge in [-0.3, -0.25) is 14.5 Å². The monoisotopic (exact) mass is 682 g/mol. The van der Waals surface area contributed by atoms with Crippen LogP contribution in [-0.2, 0) is 5.41 Å². The third kappa shape index (κ3) is 8.31. The zero-order valence-corrected chi connectivity index (χ0v) is 31.2. The number of urea groups is 1. The highest BCUT2D eigenvalue weighted by Gasteiger charge is 2.31. The zero-order chi connectivity index (χ0) is 36.2. The maximum Gasteiger partial charge on any atom is 0.320 e. The molecule has 50 heavy (non-hydrogen) atoms. The predicted molar refractivity (Wildman–Crippen MR) is 197 cm³/mol. The van der Waals surface area contributed by atoms with Gasteiger partial charge in [0.15, 0.2) is 17.3 Å². The third-order valence-electron chi connectivity index (χ3n) is 10.2. The summed E-state index contributed by atoms with van der Waals surface area (Å²) < 4.78 is 8.64. The number of amides is 2. The summed E-state index contributed by atoms with van der Waals surface area (Å²) in [4.78, 5) is 38.2. The average molecular weight is 683 g/mol. The fraction of sp³-hybridized carbons (Fsp3) is 0.538. The lowest BCUT2D eigenvalue weighted by Crippen LogP contribution is -2.41. The van der Waals surface area contributed by atoms with E-state index in [1.807, 2.05) is 61.7 Å². The molecule has 0 fully saturated rings. The van der Waals surface area contributed by atoms with E-state index >= 15 is 0 Å². The molecule has 0 radical (unpaired) electrons. The Morgan fingerprint density at radius 3 is 2.38 bits per heavy atom. The number of ketones is 1. The van der Waals surface area contributed by atoms with Crippen molar-refractivity contribution in [1.82, 2.24) is 34.8 Å². The van der Waals surface area contributed by atoms with Gasteiger partial charge in [0.1, 0.15) is 23.5 Å². The van der Waals surface area contributed by atoms with E-state index in [4.69, 9.17) is 4.74 Å². The summed E-state index contributed by atoms with van der Waals surface area (Å²) in [5.41, 5.74) is 3.05. The van der Waals surface area contributed by atoms with Crippen LogP contribution in [0.1, 0.15) is 145 Å². The van der Waals surface area contributed by atoms with Crippen LogP contribution in [0.3, 0.4) is 0 Å². The van der Waals surface area contributed by atoms with Gasteiger partial charge < -0.3 is 15.0 Å². The molecule has 0 aliphatic heterocycles. The number of nitrogens with zero attached hydrogens (tertiary/aromatic N) is 6. The predicted octanol–water partition coefficient (Wildman–Crippen LogP) is 8.19. The molecule has 11 heteroatoms. The summed E-state index contributed by atoms with van der Waals surface area (Å²) in [7, 11) is 2.06. The Balaban J connectivity index is 1.30. The topological polar surface area (TPSA) is 127 Å². The number of carbonyl (C=O) groups excluding carboxylic acids is 2. The molecule has 3 heterocycles. The smallest absolute Gasteiger partial charge is 0.320 e. The van der Waals surface area contributed by atoms with Gasteiger partial charge in [0.05, 0.1) is 17.9 Å². The molecule has 1 aliphatic carbocycles. The molecule has 11 nitrogen and oxygen atoms in total. The summed E-state index contributed by atoms with van der Waals surface area (Å²) in [6, 6.07) is 13.1. The molecule has 0 unspecified atom stereocenters. The van der Waals surface area contributed by atoms with Gasteiger partial charge in [-0.15, -0.1) is 10.2 Å². The fourth-order valence-electron chi connectivity index (χ4n) is 6.56. The van der Waals surface area contributed by atoms with Crippen LogP contribution in [0.2, 0.25) is 0 Å². The second-order valence-corrected chi connectivity index (χ2v) is 15.1. The van der Waals surface area contributed by atoms with Gasteiger partial charge in [-0.2, -0.15) is 0 Å². The van der Waals surface area contributed by atoms with Crippen LogP contribution in [0, 0.1) is 0 Å². The van der Waals surface area contributed by atoms with Crippen LogP contribution in [0.5, 0.6) is 5.75 Å². The second kappa shape index (κ2) is 15.2. The molecule has 0 saturated heterocycles. The Hall–Kier alpha value is -4.38. The first kappa shape index (κ1) is 36.9. The second-order valence-electron chi connectivity index (χ2n) is 15.1. The standard InChI is InChI=1S/C39H54N8O3/c1-10-25(11-2)36-45-44-34-20-17-26(24-47(34)36)50-31-19-18-29(27-15-13-14-16-28(27)31)40-37(49)43-33-23-32(38(4,5)6)41-35(42-33)30(48)21-22-39(7,8)46(9)12-3/h13-17,20,23-25,29,31H,10-12,18-19,21-22H2,1-9H3,(H2,40,41,42,43,49)/t29-,31+/m0/s1. The number of carbonyl (C=O) groups is 2. The van der Waals surface area contributed by atoms with E-state index in [9.17, 15) is 9.59 Å². The zero-order valence-electron chi connectivity index (χ0n) is 31.2. The van der Waals surface area contributed by atoms with Crippen molar-refractivity contribution in [1.29, 1.82) is 0 Å². The highest BCUT2D eigenvalue weighted by Crippen LogP contribution is 2.39. The van der Waals surface area contributed by atoms with Gasteiger partial charge in [0, 0.05) is 29.4 Å². The molecule has 0 bridgehead atoms. The van der Waals surface area contributed by atoms with Crippen molar-refractivity contribution in [3.05, 3.63) is 77.1 Å². The Labute approximate surface area is 296 Å². The number of ether oxygens (including phenoxy) is 1. The summed E-state index contributed by atoms with van der Waals surface area (Å²) >= 11 is 0. The molecule has 2 N–H and O–H groups in total. The molecule has 4 aromatic rings. The van der Waals surface area contributed by atoms with Crippen LogP contribution in [0.25, 0.3) is 5.65 Å². The van der Waals surface area contributed by atoms with E-state index in [1.54, 1.807) is 6.07 Å². The molecule has 0 spiro atoms. The largest absolute Gasteiger partial charge is 0.484 e. The number of hydrogen-bond donors (Lipinski definition) is 2. The minimum absolute atomic E-state index is 0.127. The maximum absolute atomic E-state index is 13.5. The highest BCUT2D eigenvalue weighted by atomic mass is 16.5. The van der Waals surface area contributed by atoms with Gasteiger partial charge in [-0.25, -0.2) is 14.8 Å². The van der Waals surface area contributed by atoms with Crippen LogP contribution in [-0.4, -0.2) is 60.4 Å². The Bertz CT molecular complexity index is 1810. The number of nitrogens with one attached hydrogen (secondary N) is 2. The van der Waals surface area contributed by atoms with Crippen LogP contribution >= 0.6 is 0 Å². The van der Waals surface area contributed by atoms with E-state index in [-0.39, 0.29) is 40.7 Å². The van der Waals surface area contributed by atoms with Crippen molar-refractivity contribution in [2.75, 3.05) is 18.9 Å². The number of pyridine rings is 1. The summed E-state index contributed by atoms with van der Waals surface area (Å²) in [5, 5.41) is 14.9. The normalized spacial score (nSPS) is 16.5. The molecule has 2 amide bonds. The average Bonchev–Trinajstić information content (AvgIpc) is 3.51. The molecule has 1 aliphatic rings. The Morgan fingerprint density at radius 1 is 0.980 bits per heavy atom. The molecule has 268 valence electrons. The molecule has 3 aromatic heterocycles. The molecular formula is C39H54N8O3. The van der Waals surface area contributed by atoms with Gasteiger partial charge >= 0.3 is 6.03 Å². The number of Topliss-reactive ketones (excluding diaryl/α,β-unsaturated/α-hetero) is 1. The molecular weight excluding hydrogens is 628 g/mol. The number of fused-ring (bicyclic) bond motifs is 2. The summed E-state index contributed by atoms with van der Waals surface area (Å²) in [6.45, 7) is 17.7. The first-order valence-electron chi connectivity index (χ1n) is 18.1. The van der Waals surface area contributed by atoms with E-state index in [1.165, 1.54) is 0 Å². The molecule has 2 atom stereocenters. The first-order chi connectivity index (χ1) is 23.7. The number of anilines is 1. The number of rotatable bonds is 13. The van der Waals surface area contributed by atoms with E-state index in [0.717, 1.165) is 47.7 Å². The SMILES string of the molecule is CCC(CC)c1nnc2ccc(O[C@@H]3CC[C@H](NC(=O)Nc4cc(C(C)(C)C)nc(C(=O)CCC(C)(C)N(C)CC)n4)c4ccccc43)cn12. The lowest BCUT2D eigenvalue weighted by Gasteiger charge is -2.34. The van der Waals surface area contributed by atoms with Crippen molar-refractivity contribution in [2.24, 2.45) is 0 Å². The quantitative estimate of drug-likeness (QED) is 0.135. The van der Waals surface area contributed by atoms with E-state index in [2.05, 4.69) is 83.4 Å². The molecule has 5 rings (SSSR count). The minimum atomic E-state index is -0.390. The summed E-state index contributed by atoms with van der Waals surface area (Å²) in [6.07, 6.45) is 6.17. The van der Waals surface area contributed by atoms with Gasteiger partial charge in [-0.05, 0) is 82.8 Å². The fourth-order valence-corrected chi connectivity index (χ4v) is 6.56. The number of aromatic nitrogens is 5. The first-order valence-corrected chi connectivity index (χ1v) is 18.1. The number of hydrogen-bond acceptors (Lipinski definition) is 8. The van der Waals surface area contributed by atoms with Crippen LogP contribution in [0.4, 0.5) is 10.6 Å². The van der Waals surface area contributed by atoms with E-state index < -0.39 is 0 Å². The minimum Gasteiger partial charge on any atom is -0.484 e. The van der Waals surface area contributed by atoms with Crippen molar-refractivity contribution in [3.63, 3.8) is 0 Å². The van der Waals surface area contributed by atoms with Crippen molar-refractivity contribution in [2.45, 2.75) is 123 Å². The maximum atomic E-state index is 13.5. The molecule has 1 aromatic carbocycles. The van der Waals surface area contributed by atoms with Crippen molar-refractivity contribution < 1.29 is 14.3 Å². The van der Waals surface area contributed by atoms with Crippen molar-refractivity contribution in [3.8, 4) is 5.75 Å². The lowest BCUT2D eigenvalue weighted by atomic mass is 9.85. The number of benzene rings is 1. The van der Waals surface area contributed by atoms with Gasteiger partial charge in [-0.1, -0.05) is 65.8 Å². The lowest BCUT2D eigenvalue weighted by molar-refractivity contribution is 0.0920. The molecule has 0 saturated carbocycles. The summed E-state index contributed by atoms with van der Waals surface area (Å²) in [5.74, 6) is 2.32. The van der Waals surface area contributed by atoms with Gasteiger partial charge in [0.2, 0.25) is 0 Å². The van der Waals surface area contributed by atoms with E-state index in [0.29, 0.717) is 43.1 Å². The Kier molecular flexibility index (Phi) is 11.2. The third-order valence-corrected chi connectivity index (χ3v) is 10.2. The van der Waals surface area contributed by atoms with Crippen molar-refractivity contribution >= 4 is 23.3 Å². The van der Waals surface area contributed by atoms with Gasteiger partial charge in [0.25, 0.3) is 0 Å². The van der Waals surface area contributed by atoms with Crippen LogP contribution < -0.4 is 15.4 Å². The highest BCUT2D eigenvalue weighted by molar-refractivity contribution is 5.94. The Morgan fingerprint density at radius 2 is 1.70 bits per heavy atom. The van der Waals surface area contributed by atoms with Crippen LogP contribution in [0.15, 0.2) is 48.7 Å².